The first-order valence-electron chi connectivity index (χ1n) is 8.53. The Morgan fingerprint density at radius 1 is 1.35 bits per heavy atom. The molecule has 0 spiro atoms. The smallest absolute Gasteiger partial charge is 0.142 e. The van der Waals surface area contributed by atoms with Crippen molar-refractivity contribution in [3.05, 3.63) is 35.0 Å². The molecule has 26 heavy (non-hydrogen) atoms. The highest BCUT2D eigenvalue weighted by Crippen LogP contribution is 2.41. The summed E-state index contributed by atoms with van der Waals surface area (Å²) in [4.78, 5) is 27.2. The van der Waals surface area contributed by atoms with Gasteiger partial charge in [-0.2, -0.15) is 4.83 Å². The maximum Gasteiger partial charge on any atom is 0.142 e. The maximum absolute atomic E-state index is 11.8. The molecule has 0 saturated carbocycles. The molecule has 3 N–H and O–H groups in total. The van der Waals surface area contributed by atoms with Crippen LogP contribution in [0.1, 0.15) is 23.8 Å². The van der Waals surface area contributed by atoms with Crippen LogP contribution in [0.2, 0.25) is 0 Å². The molecule has 1 aromatic carbocycles. The lowest BCUT2D eigenvalue weighted by Gasteiger charge is -2.20. The van der Waals surface area contributed by atoms with Crippen LogP contribution in [0.15, 0.2) is 29.4 Å². The second-order valence-electron chi connectivity index (χ2n) is 6.62. The van der Waals surface area contributed by atoms with Crippen molar-refractivity contribution in [3.63, 3.8) is 0 Å². The van der Waals surface area contributed by atoms with E-state index in [-0.39, 0.29) is 11.7 Å². The number of nitrogens with zero attached hydrogens (tertiary/aromatic N) is 2. The van der Waals surface area contributed by atoms with Gasteiger partial charge in [0.05, 0.1) is 16.0 Å². The number of rotatable bonds is 3. The van der Waals surface area contributed by atoms with Gasteiger partial charge in [-0.15, -0.1) is 11.3 Å². The summed E-state index contributed by atoms with van der Waals surface area (Å²) in [6.07, 6.45) is 4.27. The molecule has 2 aromatic heterocycles. The van der Waals surface area contributed by atoms with E-state index in [0.717, 1.165) is 51.6 Å². The number of hydrazine groups is 1. The lowest BCUT2D eigenvalue weighted by atomic mass is 9.85. The summed E-state index contributed by atoms with van der Waals surface area (Å²) in [5, 5.41) is 4.58. The molecule has 0 fully saturated rings. The minimum atomic E-state index is 0.147. The summed E-state index contributed by atoms with van der Waals surface area (Å²) in [6, 6.07) is 6.19. The van der Waals surface area contributed by atoms with E-state index in [9.17, 15) is 4.79 Å². The molecule has 3 heterocycles. The van der Waals surface area contributed by atoms with Crippen LogP contribution in [-0.2, 0) is 17.6 Å². The van der Waals surface area contributed by atoms with Gasteiger partial charge in [-0.1, -0.05) is 0 Å². The van der Waals surface area contributed by atoms with Gasteiger partial charge in [0.25, 0.3) is 0 Å². The number of nitrogens with one attached hydrogen (secondary N) is 3. The first-order chi connectivity index (χ1) is 12.7. The Morgan fingerprint density at radius 3 is 3.15 bits per heavy atom. The Hall–Kier alpha value is -2.16. The van der Waals surface area contributed by atoms with E-state index in [1.807, 2.05) is 12.1 Å². The fourth-order valence-electron chi connectivity index (χ4n) is 3.61. The molecular weight excluding hydrogens is 366 g/mol. The SMILES string of the molecule is CC(=O)C1CCc2c(sc3ncnc(Nc4ccc5c(c4)SNN5)c23)C1. The first kappa shape index (κ1) is 16.0. The lowest BCUT2D eigenvalue weighted by Crippen LogP contribution is -2.19. The number of carbonyl (C=O) groups excluding carboxylic acids is 1. The van der Waals surface area contributed by atoms with Crippen molar-refractivity contribution in [3.8, 4) is 0 Å². The lowest BCUT2D eigenvalue weighted by molar-refractivity contribution is -0.121. The number of aryl methyl sites for hydroxylation is 1. The summed E-state index contributed by atoms with van der Waals surface area (Å²) in [5.74, 6) is 1.28. The summed E-state index contributed by atoms with van der Waals surface area (Å²) in [5.41, 5.74) is 6.49. The van der Waals surface area contributed by atoms with Crippen LogP contribution in [0.3, 0.4) is 0 Å². The monoisotopic (exact) mass is 383 g/mol. The second-order valence-corrected chi connectivity index (χ2v) is 8.55. The van der Waals surface area contributed by atoms with E-state index in [1.54, 1.807) is 36.5 Å². The minimum absolute atomic E-state index is 0.147. The quantitative estimate of drug-likeness (QED) is 0.589. The van der Waals surface area contributed by atoms with Gasteiger partial charge in [-0.3, -0.25) is 4.79 Å². The maximum atomic E-state index is 11.8. The Bertz CT molecular complexity index is 1030. The molecule has 0 radical (unpaired) electrons. The zero-order valence-electron chi connectivity index (χ0n) is 14.1. The van der Waals surface area contributed by atoms with E-state index in [1.165, 1.54) is 10.4 Å². The standard InChI is InChI=1S/C18H17N5OS2/c1-9(24)10-2-4-12-14(6-10)25-18-16(12)17(19-8-20-18)21-11-3-5-13-15(7-11)26-23-22-13/h3,5,7-8,10,22-23H,2,4,6H2,1H3,(H,19,20,21). The summed E-state index contributed by atoms with van der Waals surface area (Å²) in [7, 11) is 0. The summed E-state index contributed by atoms with van der Waals surface area (Å²) in [6.45, 7) is 1.70. The molecule has 1 unspecified atom stereocenters. The number of hydrogen-bond donors (Lipinski definition) is 3. The summed E-state index contributed by atoms with van der Waals surface area (Å²) >= 11 is 3.26. The molecule has 3 aromatic rings. The molecule has 1 atom stereocenters. The highest BCUT2D eigenvalue weighted by atomic mass is 32.2. The van der Waals surface area contributed by atoms with Crippen molar-refractivity contribution < 1.29 is 4.79 Å². The number of thiophene rings is 1. The third kappa shape index (κ3) is 2.65. The van der Waals surface area contributed by atoms with Crippen molar-refractivity contribution in [1.82, 2.24) is 14.8 Å². The molecule has 2 aliphatic rings. The molecule has 0 amide bonds. The van der Waals surface area contributed by atoms with E-state index in [2.05, 4.69) is 31.6 Å². The number of benzene rings is 1. The van der Waals surface area contributed by atoms with Gasteiger partial charge in [0.2, 0.25) is 0 Å². The van der Waals surface area contributed by atoms with E-state index in [0.29, 0.717) is 0 Å². The normalized spacial score (nSPS) is 18.3. The average Bonchev–Trinajstić information content (AvgIpc) is 3.25. The van der Waals surface area contributed by atoms with Gasteiger partial charge in [0.1, 0.15) is 22.8 Å². The molecule has 1 aliphatic heterocycles. The summed E-state index contributed by atoms with van der Waals surface area (Å²) < 4.78 is 0. The zero-order valence-corrected chi connectivity index (χ0v) is 15.8. The van der Waals surface area contributed by atoms with Gasteiger partial charge in [-0.25, -0.2) is 9.97 Å². The van der Waals surface area contributed by atoms with Crippen LogP contribution in [0.25, 0.3) is 10.2 Å². The van der Waals surface area contributed by atoms with Gasteiger partial charge in [0, 0.05) is 16.5 Å². The largest absolute Gasteiger partial charge is 0.340 e. The highest BCUT2D eigenvalue weighted by molar-refractivity contribution is 7.98. The molecule has 5 rings (SSSR count). The number of hydrogen-bond acceptors (Lipinski definition) is 8. The molecule has 132 valence electrons. The van der Waals surface area contributed by atoms with Crippen molar-refractivity contribution >= 4 is 56.5 Å². The number of Topliss-reactive ketones (excluding diaryl/α,β-unsaturated/α-hetero) is 1. The van der Waals surface area contributed by atoms with Crippen molar-refractivity contribution in [1.29, 1.82) is 0 Å². The third-order valence-corrected chi connectivity index (χ3v) is 6.94. The van der Waals surface area contributed by atoms with E-state index in [4.69, 9.17) is 0 Å². The Labute approximate surface area is 158 Å². The van der Waals surface area contributed by atoms with Gasteiger partial charge in [-0.05, 0) is 61.9 Å². The van der Waals surface area contributed by atoms with Crippen molar-refractivity contribution in [2.45, 2.75) is 31.1 Å². The Kier molecular flexibility index (Phi) is 3.84. The average molecular weight is 384 g/mol. The molecular formula is C18H17N5OS2. The number of ketones is 1. The Balaban J connectivity index is 1.54. The predicted octanol–water partition coefficient (Wildman–Crippen LogP) is 4.07. The van der Waals surface area contributed by atoms with E-state index >= 15 is 0 Å². The van der Waals surface area contributed by atoms with Crippen LogP contribution in [0, 0.1) is 5.92 Å². The number of carbonyl (C=O) groups is 1. The van der Waals surface area contributed by atoms with Crippen LogP contribution in [-0.4, -0.2) is 15.8 Å². The fourth-order valence-corrected chi connectivity index (χ4v) is 5.56. The van der Waals surface area contributed by atoms with Crippen molar-refractivity contribution in [2.24, 2.45) is 5.92 Å². The van der Waals surface area contributed by atoms with Crippen molar-refractivity contribution in [2.75, 3.05) is 10.7 Å². The third-order valence-electron chi connectivity index (χ3n) is 5.01. The van der Waals surface area contributed by atoms with Crippen LogP contribution in [0.4, 0.5) is 17.2 Å². The highest BCUT2D eigenvalue weighted by Gasteiger charge is 2.27. The van der Waals surface area contributed by atoms with Gasteiger partial charge in [0.15, 0.2) is 0 Å². The zero-order chi connectivity index (χ0) is 17.7. The minimum Gasteiger partial charge on any atom is -0.340 e. The Morgan fingerprint density at radius 2 is 2.27 bits per heavy atom. The van der Waals surface area contributed by atoms with Crippen LogP contribution < -0.4 is 15.6 Å². The second kappa shape index (κ2) is 6.22. The number of aromatic nitrogens is 2. The predicted molar refractivity (Wildman–Crippen MR) is 106 cm³/mol. The fraction of sp³-hybridized carbons (Fsp3) is 0.278. The molecule has 0 saturated heterocycles. The molecule has 8 heteroatoms. The van der Waals surface area contributed by atoms with Crippen LogP contribution in [0.5, 0.6) is 0 Å². The number of fused-ring (bicyclic) bond motifs is 4. The molecule has 1 aliphatic carbocycles. The van der Waals surface area contributed by atoms with E-state index < -0.39 is 0 Å². The van der Waals surface area contributed by atoms with Crippen LogP contribution >= 0.6 is 23.3 Å². The molecule has 0 bridgehead atoms. The topological polar surface area (TPSA) is 78.9 Å². The number of anilines is 3. The van der Waals surface area contributed by atoms with Gasteiger partial charge < -0.3 is 10.7 Å². The first-order valence-corrected chi connectivity index (χ1v) is 10.2. The molecule has 6 nitrogen and oxygen atoms in total. The van der Waals surface area contributed by atoms with Gasteiger partial charge >= 0.3 is 0 Å².